The van der Waals surface area contributed by atoms with Gasteiger partial charge < -0.3 is 9.47 Å². The molecule has 6 heteroatoms. The van der Waals surface area contributed by atoms with E-state index < -0.39 is 17.7 Å². The molecule has 1 heterocycles. The second kappa shape index (κ2) is 5.09. The predicted octanol–water partition coefficient (Wildman–Crippen LogP) is 0.715. The Morgan fingerprint density at radius 1 is 1.31 bits per heavy atom. The minimum Gasteiger partial charge on any atom is -0.460 e. The fraction of sp³-hybridized carbons (Fsp3) is 0.600. The molecule has 0 amide bonds. The molecule has 16 heavy (non-hydrogen) atoms. The molecular formula is C10H14O6. The van der Waals surface area contributed by atoms with Crippen molar-refractivity contribution in [2.24, 2.45) is 0 Å². The lowest BCUT2D eigenvalue weighted by Crippen LogP contribution is -2.48. The second-order valence-corrected chi connectivity index (χ2v) is 3.72. The summed E-state index contributed by atoms with van der Waals surface area (Å²) >= 11 is 0. The first-order chi connectivity index (χ1) is 7.41. The molecule has 0 aromatic carbocycles. The maximum Gasteiger partial charge on any atom is 0.333 e. The summed E-state index contributed by atoms with van der Waals surface area (Å²) in [6.45, 7) is 5.15. The van der Waals surface area contributed by atoms with E-state index in [1.54, 1.807) is 20.8 Å². The van der Waals surface area contributed by atoms with Gasteiger partial charge in [0.1, 0.15) is 0 Å². The Bertz CT molecular complexity index is 302. The third kappa shape index (κ3) is 4.00. The van der Waals surface area contributed by atoms with Crippen LogP contribution in [0.2, 0.25) is 0 Å². The van der Waals surface area contributed by atoms with Crippen LogP contribution in [0.4, 0.5) is 0 Å². The maximum atomic E-state index is 11.2. The van der Waals surface area contributed by atoms with Crippen molar-refractivity contribution in [2.75, 3.05) is 6.61 Å². The van der Waals surface area contributed by atoms with Crippen LogP contribution in [0.1, 0.15) is 20.8 Å². The largest absolute Gasteiger partial charge is 0.460 e. The van der Waals surface area contributed by atoms with Gasteiger partial charge in [0, 0.05) is 19.1 Å². The molecule has 1 saturated heterocycles. The van der Waals surface area contributed by atoms with Gasteiger partial charge in [0.15, 0.2) is 6.61 Å². The van der Waals surface area contributed by atoms with Crippen LogP contribution in [-0.2, 0) is 28.8 Å². The van der Waals surface area contributed by atoms with E-state index in [0.29, 0.717) is 0 Å². The van der Waals surface area contributed by atoms with Crippen LogP contribution in [0, 0.1) is 0 Å². The van der Waals surface area contributed by atoms with Crippen LogP contribution in [0.25, 0.3) is 0 Å². The standard InChI is InChI=1S/C10H14O6/c1-7(2)14-8(11)4-5-9(12)15-10(3)6-13-16-10/h4-5,7H,6H2,1-3H3/b5-4+. The van der Waals surface area contributed by atoms with E-state index >= 15 is 0 Å². The van der Waals surface area contributed by atoms with Crippen LogP contribution >= 0.6 is 0 Å². The smallest absolute Gasteiger partial charge is 0.333 e. The summed E-state index contributed by atoms with van der Waals surface area (Å²) in [6.07, 6.45) is 1.76. The first-order valence-corrected chi connectivity index (χ1v) is 4.83. The number of carbonyl (C=O) groups excluding carboxylic acids is 2. The van der Waals surface area contributed by atoms with Crippen molar-refractivity contribution < 1.29 is 28.8 Å². The quantitative estimate of drug-likeness (QED) is 0.402. The molecule has 0 saturated carbocycles. The Balaban J connectivity index is 2.33. The molecule has 1 unspecified atom stereocenters. The number of carbonyl (C=O) groups is 2. The van der Waals surface area contributed by atoms with Gasteiger partial charge >= 0.3 is 11.9 Å². The maximum absolute atomic E-state index is 11.2. The highest BCUT2D eigenvalue weighted by atomic mass is 17.3. The Morgan fingerprint density at radius 3 is 2.31 bits per heavy atom. The third-order valence-electron chi connectivity index (χ3n) is 1.58. The fourth-order valence-corrected chi connectivity index (χ4v) is 0.926. The number of rotatable bonds is 4. The van der Waals surface area contributed by atoms with Crippen molar-refractivity contribution >= 4 is 11.9 Å². The molecule has 0 aliphatic carbocycles. The minimum absolute atomic E-state index is 0.170. The van der Waals surface area contributed by atoms with Crippen LogP contribution in [0.5, 0.6) is 0 Å². The average molecular weight is 230 g/mol. The molecule has 1 aliphatic heterocycles. The predicted molar refractivity (Wildman–Crippen MR) is 51.9 cm³/mol. The van der Waals surface area contributed by atoms with E-state index in [1.165, 1.54) is 0 Å². The van der Waals surface area contributed by atoms with Crippen LogP contribution in [0.15, 0.2) is 12.2 Å². The molecule has 0 bridgehead atoms. The Hall–Kier alpha value is -1.40. The highest BCUT2D eigenvalue weighted by Crippen LogP contribution is 2.22. The molecule has 1 aliphatic rings. The van der Waals surface area contributed by atoms with Crippen LogP contribution in [-0.4, -0.2) is 30.4 Å². The molecule has 0 spiro atoms. The van der Waals surface area contributed by atoms with Crippen molar-refractivity contribution in [3.05, 3.63) is 12.2 Å². The number of hydrogen-bond acceptors (Lipinski definition) is 6. The summed E-state index contributed by atoms with van der Waals surface area (Å²) < 4.78 is 9.63. The SMILES string of the molecule is CC(C)OC(=O)/C=C/C(=O)OC1(C)COO1. The molecule has 0 aromatic heterocycles. The molecule has 1 atom stereocenters. The fourth-order valence-electron chi connectivity index (χ4n) is 0.926. The van der Waals surface area contributed by atoms with Gasteiger partial charge in [-0.2, -0.15) is 4.89 Å². The van der Waals surface area contributed by atoms with Gasteiger partial charge in [0.05, 0.1) is 6.10 Å². The lowest BCUT2D eigenvalue weighted by Gasteiger charge is -2.34. The monoisotopic (exact) mass is 230 g/mol. The van der Waals surface area contributed by atoms with E-state index in [2.05, 4.69) is 9.78 Å². The average Bonchev–Trinajstić information content (AvgIpc) is 2.11. The number of esters is 2. The molecule has 1 fully saturated rings. The van der Waals surface area contributed by atoms with Gasteiger partial charge in [-0.3, -0.25) is 0 Å². The summed E-state index contributed by atoms with van der Waals surface area (Å²) in [6, 6.07) is 0. The van der Waals surface area contributed by atoms with Crippen molar-refractivity contribution in [3.63, 3.8) is 0 Å². The Kier molecular flexibility index (Phi) is 4.03. The number of ether oxygens (including phenoxy) is 2. The number of hydrogen-bond donors (Lipinski definition) is 0. The molecule has 90 valence electrons. The normalized spacial score (nSPS) is 24.2. The Labute approximate surface area is 93.0 Å². The second-order valence-electron chi connectivity index (χ2n) is 3.72. The summed E-state index contributed by atoms with van der Waals surface area (Å²) in [7, 11) is 0. The van der Waals surface area contributed by atoms with Crippen molar-refractivity contribution in [2.45, 2.75) is 32.7 Å². The van der Waals surface area contributed by atoms with E-state index in [4.69, 9.17) is 9.47 Å². The van der Waals surface area contributed by atoms with Gasteiger partial charge in [-0.05, 0) is 13.8 Å². The summed E-state index contributed by atoms with van der Waals surface area (Å²) in [5.41, 5.74) is 0. The summed E-state index contributed by atoms with van der Waals surface area (Å²) in [4.78, 5) is 31.2. The minimum atomic E-state index is -1.05. The summed E-state index contributed by atoms with van der Waals surface area (Å²) in [5.74, 6) is -2.34. The molecular weight excluding hydrogens is 216 g/mol. The van der Waals surface area contributed by atoms with E-state index in [-0.39, 0.29) is 12.7 Å². The van der Waals surface area contributed by atoms with Crippen molar-refractivity contribution in [3.8, 4) is 0 Å². The molecule has 0 N–H and O–H groups in total. The lowest BCUT2D eigenvalue weighted by molar-refractivity contribution is -0.521. The zero-order valence-corrected chi connectivity index (χ0v) is 9.39. The molecule has 0 radical (unpaired) electrons. The topological polar surface area (TPSA) is 71.1 Å². The van der Waals surface area contributed by atoms with Crippen LogP contribution < -0.4 is 0 Å². The van der Waals surface area contributed by atoms with Crippen molar-refractivity contribution in [1.29, 1.82) is 0 Å². The molecule has 1 rings (SSSR count). The summed E-state index contributed by atoms with van der Waals surface area (Å²) in [5, 5.41) is 0. The van der Waals surface area contributed by atoms with Gasteiger partial charge in [-0.15, -0.1) is 0 Å². The third-order valence-corrected chi connectivity index (χ3v) is 1.58. The lowest BCUT2D eigenvalue weighted by atomic mass is 10.3. The highest BCUT2D eigenvalue weighted by Gasteiger charge is 2.39. The zero-order valence-electron chi connectivity index (χ0n) is 9.39. The molecule has 6 nitrogen and oxygen atoms in total. The van der Waals surface area contributed by atoms with Crippen molar-refractivity contribution in [1.82, 2.24) is 0 Å². The van der Waals surface area contributed by atoms with Gasteiger partial charge in [0.2, 0.25) is 0 Å². The van der Waals surface area contributed by atoms with E-state index in [0.717, 1.165) is 12.2 Å². The first kappa shape index (κ1) is 12.7. The zero-order chi connectivity index (χ0) is 12.2. The van der Waals surface area contributed by atoms with Gasteiger partial charge in [-0.1, -0.05) is 0 Å². The van der Waals surface area contributed by atoms with Gasteiger partial charge in [0.25, 0.3) is 5.79 Å². The van der Waals surface area contributed by atoms with E-state index in [9.17, 15) is 9.59 Å². The van der Waals surface area contributed by atoms with Crippen LogP contribution in [0.3, 0.4) is 0 Å². The Morgan fingerprint density at radius 2 is 1.88 bits per heavy atom. The van der Waals surface area contributed by atoms with Gasteiger partial charge in [-0.25, -0.2) is 14.5 Å². The van der Waals surface area contributed by atoms with E-state index in [1.807, 2.05) is 0 Å². The molecule has 0 aromatic rings. The first-order valence-electron chi connectivity index (χ1n) is 4.83. The highest BCUT2D eigenvalue weighted by molar-refractivity contribution is 5.91.